The largest absolute Gasteiger partial charge is 0.508 e. The van der Waals surface area contributed by atoms with Crippen molar-refractivity contribution in [3.05, 3.63) is 58.2 Å². The molecule has 3 heterocycles. The second kappa shape index (κ2) is 4.62. The lowest BCUT2D eigenvalue weighted by Crippen LogP contribution is -2.52. The zero-order chi connectivity index (χ0) is 16.5. The Morgan fingerprint density at radius 1 is 1.25 bits per heavy atom. The van der Waals surface area contributed by atoms with E-state index in [1.54, 1.807) is 6.07 Å². The molecule has 0 fully saturated rings. The quantitative estimate of drug-likeness (QED) is 0.580. The Morgan fingerprint density at radius 2 is 2.12 bits per heavy atom. The molecule has 2 aliphatic heterocycles. The van der Waals surface area contributed by atoms with E-state index in [9.17, 15) is 5.11 Å². The predicted octanol–water partition coefficient (Wildman–Crippen LogP) is 4.02. The standard InChI is InChI=1S/C19H16ClN3O/c1-10-6-14-13-8-12(24)3-5-16(13)22-18(14)19(23-10)9-21-17-4-2-11(20)7-15(17)19/h2-5,7-10,22-24H,6H2,1H3. The van der Waals surface area contributed by atoms with Crippen molar-refractivity contribution in [2.24, 2.45) is 4.99 Å². The van der Waals surface area contributed by atoms with Gasteiger partial charge in [0, 0.05) is 39.4 Å². The van der Waals surface area contributed by atoms with Crippen LogP contribution in [0.25, 0.3) is 10.9 Å². The third kappa shape index (κ3) is 1.75. The van der Waals surface area contributed by atoms with Crippen LogP contribution in [0, 0.1) is 0 Å². The van der Waals surface area contributed by atoms with Gasteiger partial charge in [0.2, 0.25) is 0 Å². The fourth-order valence-electron chi connectivity index (χ4n) is 4.09. The molecule has 24 heavy (non-hydrogen) atoms. The number of aromatic nitrogens is 1. The molecular formula is C19H16ClN3O. The maximum atomic E-state index is 9.89. The topological polar surface area (TPSA) is 60.4 Å². The molecule has 0 aliphatic carbocycles. The zero-order valence-electron chi connectivity index (χ0n) is 13.1. The molecule has 0 saturated heterocycles. The van der Waals surface area contributed by atoms with Crippen molar-refractivity contribution in [1.82, 2.24) is 10.3 Å². The van der Waals surface area contributed by atoms with Gasteiger partial charge in [0.05, 0.1) is 5.69 Å². The molecule has 0 amide bonds. The van der Waals surface area contributed by atoms with E-state index in [4.69, 9.17) is 11.6 Å². The molecule has 4 nitrogen and oxygen atoms in total. The van der Waals surface area contributed by atoms with Gasteiger partial charge in [-0.05, 0) is 55.3 Å². The number of hydrogen-bond acceptors (Lipinski definition) is 3. The second-order valence-electron chi connectivity index (χ2n) is 6.69. The predicted molar refractivity (Wildman–Crippen MR) is 96.6 cm³/mol. The number of phenolic OH excluding ortho intramolecular Hbond substituents is 1. The Morgan fingerprint density at radius 3 is 3.00 bits per heavy atom. The average molecular weight is 338 g/mol. The van der Waals surface area contributed by atoms with Gasteiger partial charge in [-0.2, -0.15) is 0 Å². The van der Waals surface area contributed by atoms with Gasteiger partial charge in [0.1, 0.15) is 11.3 Å². The van der Waals surface area contributed by atoms with Gasteiger partial charge < -0.3 is 10.1 Å². The molecule has 2 aliphatic rings. The lowest BCUT2D eigenvalue weighted by Gasteiger charge is -2.37. The number of phenols is 1. The molecule has 2 atom stereocenters. The minimum Gasteiger partial charge on any atom is -0.508 e. The van der Waals surface area contributed by atoms with Crippen molar-refractivity contribution in [3.63, 3.8) is 0 Å². The van der Waals surface area contributed by atoms with E-state index in [2.05, 4.69) is 22.2 Å². The van der Waals surface area contributed by atoms with E-state index in [0.29, 0.717) is 5.02 Å². The normalized spacial score (nSPS) is 24.5. The third-order valence-corrected chi connectivity index (χ3v) is 5.28. The van der Waals surface area contributed by atoms with Crippen molar-refractivity contribution in [1.29, 1.82) is 0 Å². The van der Waals surface area contributed by atoms with Crippen LogP contribution in [0.3, 0.4) is 0 Å². The summed E-state index contributed by atoms with van der Waals surface area (Å²) in [6.45, 7) is 2.17. The summed E-state index contributed by atoms with van der Waals surface area (Å²) in [6, 6.07) is 11.6. The van der Waals surface area contributed by atoms with Crippen LogP contribution in [-0.2, 0) is 12.0 Å². The molecule has 2 aromatic carbocycles. The molecule has 5 heteroatoms. The number of H-pyrrole nitrogens is 1. The van der Waals surface area contributed by atoms with Crippen LogP contribution < -0.4 is 5.32 Å². The number of rotatable bonds is 0. The molecule has 0 bridgehead atoms. The number of aliphatic imine (C=N–C) groups is 1. The number of nitrogens with one attached hydrogen (secondary N) is 2. The number of fused-ring (bicyclic) bond motifs is 6. The Balaban J connectivity index is 1.84. The van der Waals surface area contributed by atoms with Crippen molar-refractivity contribution in [2.75, 3.05) is 0 Å². The van der Waals surface area contributed by atoms with Gasteiger partial charge >= 0.3 is 0 Å². The molecule has 5 rings (SSSR count). The lowest BCUT2D eigenvalue weighted by atomic mass is 9.80. The summed E-state index contributed by atoms with van der Waals surface area (Å²) in [4.78, 5) is 8.17. The number of aromatic hydroxyl groups is 1. The monoisotopic (exact) mass is 337 g/mol. The Kier molecular flexibility index (Phi) is 2.71. The molecule has 3 aromatic rings. The van der Waals surface area contributed by atoms with Crippen LogP contribution in [-0.4, -0.2) is 22.3 Å². The van der Waals surface area contributed by atoms with Crippen molar-refractivity contribution < 1.29 is 5.11 Å². The van der Waals surface area contributed by atoms with Gasteiger partial charge in [-0.1, -0.05) is 11.6 Å². The fourth-order valence-corrected chi connectivity index (χ4v) is 4.26. The van der Waals surface area contributed by atoms with Crippen LogP contribution in [0.15, 0.2) is 41.4 Å². The van der Waals surface area contributed by atoms with Gasteiger partial charge in [-0.3, -0.25) is 10.3 Å². The molecule has 120 valence electrons. The number of benzene rings is 2. The number of nitrogens with zero attached hydrogens (tertiary/aromatic N) is 1. The fraction of sp³-hybridized carbons (Fsp3) is 0.211. The summed E-state index contributed by atoms with van der Waals surface area (Å²) in [5.74, 6) is 0.285. The zero-order valence-corrected chi connectivity index (χ0v) is 13.9. The first-order valence-electron chi connectivity index (χ1n) is 8.04. The first kappa shape index (κ1) is 14.1. The Bertz CT molecular complexity index is 1020. The molecular weight excluding hydrogens is 322 g/mol. The van der Waals surface area contributed by atoms with Crippen LogP contribution in [0.1, 0.15) is 23.7 Å². The van der Waals surface area contributed by atoms with Crippen LogP contribution >= 0.6 is 11.6 Å². The van der Waals surface area contributed by atoms with Crippen molar-refractivity contribution in [3.8, 4) is 5.75 Å². The number of halogens is 1. The summed E-state index contributed by atoms with van der Waals surface area (Å²) >= 11 is 6.26. The molecule has 2 unspecified atom stereocenters. The van der Waals surface area contributed by atoms with Crippen LogP contribution in [0.4, 0.5) is 5.69 Å². The minimum absolute atomic E-state index is 0.273. The molecule has 0 saturated carbocycles. The average Bonchev–Trinajstić information content (AvgIpc) is 3.08. The van der Waals surface area contributed by atoms with E-state index >= 15 is 0 Å². The SMILES string of the molecule is CC1Cc2c([nH]c3ccc(O)cc23)C2(C=Nc3ccc(Cl)cc32)N1. The Labute approximate surface area is 144 Å². The molecule has 0 radical (unpaired) electrons. The smallest absolute Gasteiger partial charge is 0.123 e. The highest BCUT2D eigenvalue weighted by Crippen LogP contribution is 2.46. The summed E-state index contributed by atoms with van der Waals surface area (Å²) in [5, 5.41) is 15.4. The highest BCUT2D eigenvalue weighted by molar-refractivity contribution is 6.30. The van der Waals surface area contributed by atoms with Gasteiger partial charge in [0.25, 0.3) is 0 Å². The second-order valence-corrected chi connectivity index (χ2v) is 7.12. The summed E-state index contributed by atoms with van der Waals surface area (Å²) < 4.78 is 0. The third-order valence-electron chi connectivity index (χ3n) is 5.05. The maximum absolute atomic E-state index is 9.89. The van der Waals surface area contributed by atoms with E-state index in [0.717, 1.165) is 34.3 Å². The molecule has 1 spiro atoms. The minimum atomic E-state index is -0.498. The first-order chi connectivity index (χ1) is 11.6. The number of aromatic amines is 1. The van der Waals surface area contributed by atoms with Gasteiger partial charge in [0.15, 0.2) is 0 Å². The first-order valence-corrected chi connectivity index (χ1v) is 8.41. The van der Waals surface area contributed by atoms with E-state index in [1.165, 1.54) is 5.56 Å². The van der Waals surface area contributed by atoms with Crippen molar-refractivity contribution >= 4 is 34.4 Å². The van der Waals surface area contributed by atoms with Crippen LogP contribution in [0.5, 0.6) is 5.75 Å². The highest BCUT2D eigenvalue weighted by Gasteiger charge is 2.45. The molecule has 1 aromatic heterocycles. The maximum Gasteiger partial charge on any atom is 0.123 e. The van der Waals surface area contributed by atoms with E-state index < -0.39 is 5.54 Å². The van der Waals surface area contributed by atoms with Gasteiger partial charge in [-0.25, -0.2) is 0 Å². The lowest BCUT2D eigenvalue weighted by molar-refractivity contribution is 0.413. The highest BCUT2D eigenvalue weighted by atomic mass is 35.5. The van der Waals surface area contributed by atoms with E-state index in [1.807, 2.05) is 36.5 Å². The summed E-state index contributed by atoms with van der Waals surface area (Å²) in [6.07, 6.45) is 2.86. The summed E-state index contributed by atoms with van der Waals surface area (Å²) in [7, 11) is 0. The molecule has 3 N–H and O–H groups in total. The van der Waals surface area contributed by atoms with E-state index in [-0.39, 0.29) is 11.8 Å². The van der Waals surface area contributed by atoms with Crippen LogP contribution in [0.2, 0.25) is 5.02 Å². The number of hydrogen-bond donors (Lipinski definition) is 3. The Hall–Kier alpha value is -2.30. The summed E-state index contributed by atoms with van der Waals surface area (Å²) in [5.41, 5.74) is 4.85. The van der Waals surface area contributed by atoms with Crippen molar-refractivity contribution in [2.45, 2.75) is 24.9 Å². The van der Waals surface area contributed by atoms with Gasteiger partial charge in [-0.15, -0.1) is 0 Å².